The summed E-state index contributed by atoms with van der Waals surface area (Å²) in [6, 6.07) is 14.7. The van der Waals surface area contributed by atoms with E-state index in [4.69, 9.17) is 0 Å². The summed E-state index contributed by atoms with van der Waals surface area (Å²) in [5.74, 6) is 1.01. The Balaban J connectivity index is 1.39. The number of thioether (sulfide) groups is 1. The van der Waals surface area contributed by atoms with Crippen LogP contribution in [0.15, 0.2) is 59.9 Å². The second-order valence-electron chi connectivity index (χ2n) is 7.59. The van der Waals surface area contributed by atoms with Crippen LogP contribution in [0.3, 0.4) is 0 Å². The largest absolute Gasteiger partial charge is 0.294 e. The van der Waals surface area contributed by atoms with E-state index in [-0.39, 0.29) is 17.5 Å². The highest BCUT2D eigenvalue weighted by atomic mass is 32.2. The van der Waals surface area contributed by atoms with Crippen molar-refractivity contribution in [3.8, 4) is 0 Å². The smallest absolute Gasteiger partial charge is 0.253 e. The van der Waals surface area contributed by atoms with E-state index >= 15 is 0 Å². The minimum atomic E-state index is -0.278. The van der Waals surface area contributed by atoms with Crippen LogP contribution in [0.5, 0.6) is 0 Å². The van der Waals surface area contributed by atoms with Crippen molar-refractivity contribution < 1.29 is 9.18 Å². The number of carbonyl (C=O) groups is 1. The highest BCUT2D eigenvalue weighted by molar-refractivity contribution is 7.98. The number of rotatable bonds is 4. The molecule has 0 saturated carbocycles. The Kier molecular flexibility index (Phi) is 4.83. The molecule has 0 unspecified atom stereocenters. The quantitative estimate of drug-likeness (QED) is 0.447. The van der Waals surface area contributed by atoms with Gasteiger partial charge in [0.15, 0.2) is 5.78 Å². The van der Waals surface area contributed by atoms with Crippen LogP contribution in [-0.2, 0) is 12.2 Å². The number of nitrogens with zero attached hydrogens (tertiary/aromatic N) is 4. The molecule has 30 heavy (non-hydrogen) atoms. The molecule has 0 N–H and O–H groups in total. The van der Waals surface area contributed by atoms with Gasteiger partial charge in [0.25, 0.3) is 5.78 Å². The average molecular weight is 418 g/mol. The van der Waals surface area contributed by atoms with Gasteiger partial charge in [0.2, 0.25) is 5.16 Å². The minimum Gasteiger partial charge on any atom is -0.294 e. The van der Waals surface area contributed by atoms with E-state index in [0.717, 1.165) is 17.0 Å². The van der Waals surface area contributed by atoms with E-state index in [9.17, 15) is 9.18 Å². The molecule has 0 fully saturated rings. The van der Waals surface area contributed by atoms with Crippen LogP contribution in [0.25, 0.3) is 5.78 Å². The van der Waals surface area contributed by atoms with E-state index in [1.54, 1.807) is 34.6 Å². The zero-order chi connectivity index (χ0) is 20.7. The number of benzene rings is 2. The fourth-order valence-electron chi connectivity index (χ4n) is 3.73. The van der Waals surface area contributed by atoms with Gasteiger partial charge < -0.3 is 0 Å². The summed E-state index contributed by atoms with van der Waals surface area (Å²) in [5, 5.41) is 5.12. The van der Waals surface area contributed by atoms with Gasteiger partial charge in [-0.2, -0.15) is 4.98 Å². The van der Waals surface area contributed by atoms with E-state index in [1.807, 2.05) is 0 Å². The molecule has 0 spiro atoms. The van der Waals surface area contributed by atoms with Gasteiger partial charge in [-0.15, -0.1) is 5.10 Å². The van der Waals surface area contributed by atoms with Crippen LogP contribution in [-0.4, -0.2) is 25.4 Å². The Morgan fingerprint density at radius 2 is 1.83 bits per heavy atom. The van der Waals surface area contributed by atoms with Crippen molar-refractivity contribution in [2.45, 2.75) is 36.6 Å². The van der Waals surface area contributed by atoms with Gasteiger partial charge in [-0.05, 0) is 42.5 Å². The zero-order valence-corrected chi connectivity index (χ0v) is 17.2. The Hall–Kier alpha value is -3.06. The van der Waals surface area contributed by atoms with Crippen molar-refractivity contribution in [2.24, 2.45) is 0 Å². The summed E-state index contributed by atoms with van der Waals surface area (Å²) in [6.45, 7) is 2.07. The molecule has 1 aliphatic rings. The van der Waals surface area contributed by atoms with Crippen LogP contribution in [0.4, 0.5) is 4.39 Å². The molecular formula is C23H19FN4OS. The maximum Gasteiger partial charge on any atom is 0.253 e. The fourth-order valence-corrected chi connectivity index (χ4v) is 4.51. The highest BCUT2D eigenvalue weighted by Gasteiger charge is 2.28. The molecule has 0 aliphatic heterocycles. The van der Waals surface area contributed by atoms with Gasteiger partial charge in [0.1, 0.15) is 5.82 Å². The van der Waals surface area contributed by atoms with Crippen LogP contribution in [0, 0.1) is 12.7 Å². The average Bonchev–Trinajstić information content (AvgIpc) is 3.14. The lowest BCUT2D eigenvalue weighted by Crippen LogP contribution is -2.21. The summed E-state index contributed by atoms with van der Waals surface area (Å²) in [5.41, 5.74) is 4.71. The molecule has 150 valence electrons. The molecule has 2 aromatic heterocycles. The predicted octanol–water partition coefficient (Wildman–Crippen LogP) is 4.78. The van der Waals surface area contributed by atoms with Crippen LogP contribution in [0.1, 0.15) is 45.1 Å². The second-order valence-corrected chi connectivity index (χ2v) is 8.54. The van der Waals surface area contributed by atoms with Gasteiger partial charge in [0, 0.05) is 18.4 Å². The normalized spacial score (nSPS) is 16.1. The number of aryl methyl sites for hydroxylation is 1. The maximum atomic E-state index is 13.2. The van der Waals surface area contributed by atoms with Crippen LogP contribution < -0.4 is 0 Å². The third kappa shape index (κ3) is 3.73. The third-order valence-corrected chi connectivity index (χ3v) is 6.30. The van der Waals surface area contributed by atoms with Crippen molar-refractivity contribution in [3.05, 3.63) is 88.5 Å². The van der Waals surface area contributed by atoms with Crippen LogP contribution in [0.2, 0.25) is 0 Å². The standard InChI is InChI=1S/C23H19FN4OS/c1-14-2-4-15(5-3-14)13-30-23-26-22-25-20-10-17(16-6-8-18(24)9-7-16)11-21(29)19(20)12-28(22)27-23/h2-9,12,17H,10-11,13H2,1H3/t17-/m1/s1. The summed E-state index contributed by atoms with van der Waals surface area (Å²) in [4.78, 5) is 21.9. The van der Waals surface area contributed by atoms with Gasteiger partial charge in [-0.1, -0.05) is 53.7 Å². The van der Waals surface area contributed by atoms with Crippen molar-refractivity contribution in [2.75, 3.05) is 0 Å². The number of hydrogen-bond donors (Lipinski definition) is 0. The van der Waals surface area contributed by atoms with E-state index < -0.39 is 0 Å². The summed E-state index contributed by atoms with van der Waals surface area (Å²) in [7, 11) is 0. The summed E-state index contributed by atoms with van der Waals surface area (Å²) in [6.07, 6.45) is 2.75. The molecule has 1 aliphatic carbocycles. The molecule has 5 nitrogen and oxygen atoms in total. The molecule has 0 bridgehead atoms. The Morgan fingerprint density at radius 1 is 1.07 bits per heavy atom. The van der Waals surface area contributed by atoms with E-state index in [2.05, 4.69) is 46.3 Å². The van der Waals surface area contributed by atoms with E-state index in [1.165, 1.54) is 23.3 Å². The molecule has 2 heterocycles. The minimum absolute atomic E-state index is 0.00106. The lowest BCUT2D eigenvalue weighted by atomic mass is 9.82. The molecule has 0 amide bonds. The number of hydrogen-bond acceptors (Lipinski definition) is 5. The third-order valence-electron chi connectivity index (χ3n) is 5.39. The summed E-state index contributed by atoms with van der Waals surface area (Å²) < 4.78 is 14.8. The lowest BCUT2D eigenvalue weighted by Gasteiger charge is -2.23. The molecule has 0 saturated heterocycles. The fraction of sp³-hybridized carbons (Fsp3) is 0.217. The molecule has 7 heteroatoms. The molecule has 5 rings (SSSR count). The first-order valence-electron chi connectivity index (χ1n) is 9.78. The molecule has 2 aromatic carbocycles. The molecule has 0 radical (unpaired) electrons. The Labute approximate surface area is 177 Å². The number of carbonyl (C=O) groups excluding carboxylic acids is 1. The van der Waals surface area contributed by atoms with Crippen molar-refractivity contribution in [1.82, 2.24) is 19.6 Å². The second kappa shape index (κ2) is 7.65. The van der Waals surface area contributed by atoms with Crippen molar-refractivity contribution >= 4 is 23.3 Å². The number of fused-ring (bicyclic) bond motifs is 2. The summed E-state index contributed by atoms with van der Waals surface area (Å²) >= 11 is 1.54. The van der Waals surface area contributed by atoms with Gasteiger partial charge in [-0.3, -0.25) is 4.79 Å². The van der Waals surface area contributed by atoms with Crippen molar-refractivity contribution in [3.63, 3.8) is 0 Å². The van der Waals surface area contributed by atoms with Gasteiger partial charge >= 0.3 is 0 Å². The predicted molar refractivity (Wildman–Crippen MR) is 113 cm³/mol. The van der Waals surface area contributed by atoms with Gasteiger partial charge in [-0.25, -0.2) is 13.9 Å². The van der Waals surface area contributed by atoms with Crippen LogP contribution >= 0.6 is 11.8 Å². The first-order chi connectivity index (χ1) is 14.5. The Morgan fingerprint density at radius 3 is 2.60 bits per heavy atom. The lowest BCUT2D eigenvalue weighted by molar-refractivity contribution is 0.0962. The first-order valence-corrected chi connectivity index (χ1v) is 10.8. The topological polar surface area (TPSA) is 60.1 Å². The molecular weight excluding hydrogens is 399 g/mol. The zero-order valence-electron chi connectivity index (χ0n) is 16.4. The first kappa shape index (κ1) is 18.9. The molecule has 1 atom stereocenters. The number of Topliss-reactive ketones (excluding diaryl/α,β-unsaturated/α-hetero) is 1. The van der Waals surface area contributed by atoms with E-state index in [0.29, 0.717) is 29.3 Å². The monoisotopic (exact) mass is 418 g/mol. The number of ketones is 1. The SMILES string of the molecule is Cc1ccc(CSc2nc3nc4c(cn3n2)C(=O)C[C@H](c2ccc(F)cc2)C4)cc1. The van der Waals surface area contributed by atoms with Gasteiger partial charge in [0.05, 0.1) is 11.3 Å². The Bertz CT molecular complexity index is 1230. The van der Waals surface area contributed by atoms with Crippen molar-refractivity contribution in [1.29, 1.82) is 0 Å². The maximum absolute atomic E-state index is 13.2. The number of halogens is 1. The number of aromatic nitrogens is 4. The molecule has 4 aromatic rings. The highest BCUT2D eigenvalue weighted by Crippen LogP contribution is 2.32.